The normalized spacial score (nSPS) is 11.5. The van der Waals surface area contributed by atoms with E-state index in [-0.39, 0.29) is 42.8 Å². The van der Waals surface area contributed by atoms with Crippen molar-refractivity contribution in [1.29, 1.82) is 0 Å². The fraction of sp³-hybridized carbons (Fsp3) is 0.409. The van der Waals surface area contributed by atoms with Gasteiger partial charge >= 0.3 is 0 Å². The zero-order valence-electron chi connectivity index (χ0n) is 18.4. The molecule has 2 aromatic carbocycles. The average Bonchev–Trinajstić information content (AvgIpc) is 2.74. The van der Waals surface area contributed by atoms with Crippen LogP contribution < -0.4 is 14.8 Å². The van der Waals surface area contributed by atoms with Crippen LogP contribution in [0.1, 0.15) is 25.0 Å². The topological polar surface area (TPSA) is 83.0 Å². The summed E-state index contributed by atoms with van der Waals surface area (Å²) in [7, 11) is -1.47. The summed E-state index contributed by atoms with van der Waals surface area (Å²) < 4.78 is 32.6. The van der Waals surface area contributed by atoms with Gasteiger partial charge in [-0.15, -0.1) is 24.0 Å². The van der Waals surface area contributed by atoms with Crippen molar-refractivity contribution in [3.05, 3.63) is 65.7 Å². The van der Waals surface area contributed by atoms with E-state index in [2.05, 4.69) is 15.0 Å². The molecule has 0 aliphatic carbocycles. The minimum atomic E-state index is -3.40. The first kappa shape index (κ1) is 27.2. The molecule has 0 spiro atoms. The minimum Gasteiger partial charge on any atom is -0.494 e. The predicted octanol–water partition coefficient (Wildman–Crippen LogP) is 3.22. The number of hydrogen-bond donors (Lipinski definition) is 2. The van der Waals surface area contributed by atoms with E-state index in [9.17, 15) is 8.42 Å². The van der Waals surface area contributed by atoms with Gasteiger partial charge in [-0.1, -0.05) is 42.5 Å². The molecule has 31 heavy (non-hydrogen) atoms. The monoisotopic (exact) mass is 560 g/mol. The minimum absolute atomic E-state index is 0. The van der Waals surface area contributed by atoms with Crippen molar-refractivity contribution >= 4 is 40.0 Å². The third kappa shape index (κ3) is 10.3. The molecule has 0 radical (unpaired) electrons. The highest BCUT2D eigenvalue weighted by molar-refractivity contribution is 14.0. The van der Waals surface area contributed by atoms with Gasteiger partial charge in [0, 0.05) is 26.7 Å². The van der Waals surface area contributed by atoms with Gasteiger partial charge < -0.3 is 15.0 Å². The zero-order valence-corrected chi connectivity index (χ0v) is 21.5. The molecule has 2 aromatic rings. The Morgan fingerprint density at radius 1 is 1.03 bits per heavy atom. The van der Waals surface area contributed by atoms with Gasteiger partial charge in [0.2, 0.25) is 10.0 Å². The van der Waals surface area contributed by atoms with Crippen molar-refractivity contribution < 1.29 is 13.2 Å². The number of hydrogen-bond acceptors (Lipinski definition) is 4. The Morgan fingerprint density at radius 3 is 2.32 bits per heavy atom. The van der Waals surface area contributed by atoms with Crippen molar-refractivity contribution in [3.8, 4) is 5.75 Å². The number of benzene rings is 2. The Morgan fingerprint density at radius 2 is 1.71 bits per heavy atom. The highest BCUT2D eigenvalue weighted by atomic mass is 127. The molecule has 0 saturated carbocycles. The molecule has 0 atom stereocenters. The quantitative estimate of drug-likeness (QED) is 0.251. The van der Waals surface area contributed by atoms with Crippen LogP contribution >= 0.6 is 24.0 Å². The van der Waals surface area contributed by atoms with E-state index in [0.717, 1.165) is 16.9 Å². The summed E-state index contributed by atoms with van der Waals surface area (Å²) in [5.74, 6) is 1.45. The number of aliphatic imine (C=N–C) groups is 1. The number of rotatable bonds is 11. The number of nitrogens with one attached hydrogen (secondary N) is 2. The van der Waals surface area contributed by atoms with E-state index in [4.69, 9.17) is 4.74 Å². The number of halogens is 1. The molecule has 0 saturated heterocycles. The summed E-state index contributed by atoms with van der Waals surface area (Å²) in [5, 5.41) is 3.21. The molecule has 0 aliphatic rings. The maximum absolute atomic E-state index is 12.3. The standard InChI is InChI=1S/C22H32N4O3S.HI/c1-4-23-22(26(3)18-20-11-13-21(14-12-20)29-5-2)24-15-16-30(27,28)25-17-19-9-7-6-8-10-19;/h6-14,25H,4-5,15-18H2,1-3H3,(H,23,24);1H. The highest BCUT2D eigenvalue weighted by Crippen LogP contribution is 2.13. The summed E-state index contributed by atoms with van der Waals surface area (Å²) >= 11 is 0. The summed E-state index contributed by atoms with van der Waals surface area (Å²) in [6, 6.07) is 17.4. The number of sulfonamides is 1. The smallest absolute Gasteiger partial charge is 0.213 e. The maximum atomic E-state index is 12.3. The maximum Gasteiger partial charge on any atom is 0.213 e. The third-order valence-corrected chi connectivity index (χ3v) is 5.62. The molecule has 2 N–H and O–H groups in total. The number of ether oxygens (including phenoxy) is 1. The van der Waals surface area contributed by atoms with Gasteiger partial charge in [-0.2, -0.15) is 0 Å². The Hall–Kier alpha value is -1.85. The second-order valence-electron chi connectivity index (χ2n) is 6.79. The molecule has 0 bridgehead atoms. The molecule has 2 rings (SSSR count). The Kier molecular flexibility index (Phi) is 12.5. The second kappa shape index (κ2) is 14.3. The largest absolute Gasteiger partial charge is 0.494 e. The van der Waals surface area contributed by atoms with Gasteiger partial charge in [-0.3, -0.25) is 4.99 Å². The summed E-state index contributed by atoms with van der Waals surface area (Å²) in [6.07, 6.45) is 0. The van der Waals surface area contributed by atoms with Crippen LogP contribution in [0.5, 0.6) is 5.75 Å². The van der Waals surface area contributed by atoms with E-state index in [0.29, 0.717) is 25.7 Å². The fourth-order valence-corrected chi connectivity index (χ4v) is 3.67. The van der Waals surface area contributed by atoms with Crippen LogP contribution in [0, 0.1) is 0 Å². The van der Waals surface area contributed by atoms with Crippen molar-refractivity contribution in [2.45, 2.75) is 26.9 Å². The van der Waals surface area contributed by atoms with Gasteiger partial charge in [0.1, 0.15) is 5.75 Å². The average molecular weight is 561 g/mol. The van der Waals surface area contributed by atoms with Crippen LogP contribution in [0.3, 0.4) is 0 Å². The van der Waals surface area contributed by atoms with Crippen LogP contribution in [0.2, 0.25) is 0 Å². The Labute approximate surface area is 203 Å². The molecule has 172 valence electrons. The fourth-order valence-electron chi connectivity index (χ4n) is 2.81. The summed E-state index contributed by atoms with van der Waals surface area (Å²) in [5.41, 5.74) is 2.04. The van der Waals surface area contributed by atoms with E-state index in [1.807, 2.05) is 80.4 Å². The van der Waals surface area contributed by atoms with Crippen LogP contribution in [-0.4, -0.2) is 51.8 Å². The van der Waals surface area contributed by atoms with E-state index in [1.165, 1.54) is 0 Å². The Balaban J connectivity index is 0.00000480. The van der Waals surface area contributed by atoms with E-state index < -0.39 is 10.0 Å². The molecular formula is C22H33IN4O3S. The molecule has 7 nitrogen and oxygen atoms in total. The molecule has 0 aromatic heterocycles. The highest BCUT2D eigenvalue weighted by Gasteiger charge is 2.11. The van der Waals surface area contributed by atoms with Crippen molar-refractivity contribution in [2.24, 2.45) is 4.99 Å². The van der Waals surface area contributed by atoms with Crippen molar-refractivity contribution in [2.75, 3.05) is 32.5 Å². The van der Waals surface area contributed by atoms with Crippen LogP contribution in [0.25, 0.3) is 0 Å². The van der Waals surface area contributed by atoms with E-state index in [1.54, 1.807) is 0 Å². The molecule has 0 unspecified atom stereocenters. The third-order valence-electron chi connectivity index (χ3n) is 4.31. The molecule has 9 heteroatoms. The predicted molar refractivity (Wildman–Crippen MR) is 138 cm³/mol. The number of guanidine groups is 1. The first-order valence-electron chi connectivity index (χ1n) is 10.2. The molecule has 0 heterocycles. The first-order chi connectivity index (χ1) is 14.4. The summed E-state index contributed by atoms with van der Waals surface area (Å²) in [6.45, 7) is 6.39. The lowest BCUT2D eigenvalue weighted by atomic mass is 10.2. The van der Waals surface area contributed by atoms with Crippen LogP contribution in [0.4, 0.5) is 0 Å². The lowest BCUT2D eigenvalue weighted by Crippen LogP contribution is -2.39. The van der Waals surface area contributed by atoms with Crippen LogP contribution in [0.15, 0.2) is 59.6 Å². The zero-order chi connectivity index (χ0) is 21.8. The second-order valence-corrected chi connectivity index (χ2v) is 8.72. The van der Waals surface area contributed by atoms with Gasteiger partial charge in [-0.25, -0.2) is 13.1 Å². The van der Waals surface area contributed by atoms with Gasteiger partial charge in [0.15, 0.2) is 5.96 Å². The SMILES string of the molecule is CCNC(=NCCS(=O)(=O)NCc1ccccc1)N(C)Cc1ccc(OCC)cc1.I. The van der Waals surface area contributed by atoms with Crippen molar-refractivity contribution in [1.82, 2.24) is 14.9 Å². The Bertz CT molecular complexity index is 891. The molecule has 0 fully saturated rings. The lowest BCUT2D eigenvalue weighted by molar-refractivity contribution is 0.340. The van der Waals surface area contributed by atoms with Gasteiger partial charge in [-0.05, 0) is 37.1 Å². The van der Waals surface area contributed by atoms with E-state index >= 15 is 0 Å². The molecular weight excluding hydrogens is 527 g/mol. The molecule has 0 aliphatic heterocycles. The van der Waals surface area contributed by atoms with Gasteiger partial charge in [0.05, 0.1) is 18.9 Å². The molecule has 0 amide bonds. The van der Waals surface area contributed by atoms with Crippen LogP contribution in [-0.2, 0) is 23.1 Å². The van der Waals surface area contributed by atoms with Crippen molar-refractivity contribution in [3.63, 3.8) is 0 Å². The van der Waals surface area contributed by atoms with Gasteiger partial charge in [0.25, 0.3) is 0 Å². The first-order valence-corrected chi connectivity index (χ1v) is 11.8. The lowest BCUT2D eigenvalue weighted by Gasteiger charge is -2.22. The number of nitrogens with zero attached hydrogens (tertiary/aromatic N) is 2. The summed E-state index contributed by atoms with van der Waals surface area (Å²) in [4.78, 5) is 6.46.